The van der Waals surface area contributed by atoms with E-state index in [0.717, 1.165) is 37.1 Å². The Morgan fingerprint density at radius 1 is 0.878 bits per heavy atom. The average molecular weight is 568 g/mol. The highest BCUT2D eigenvalue weighted by Crippen LogP contribution is 2.42. The highest BCUT2D eigenvalue weighted by molar-refractivity contribution is 5.92. The molecule has 2 aliphatic heterocycles. The summed E-state index contributed by atoms with van der Waals surface area (Å²) in [5.41, 5.74) is 0.556. The van der Waals surface area contributed by atoms with Gasteiger partial charge in [-0.25, -0.2) is 9.37 Å². The first-order chi connectivity index (χ1) is 19.8. The van der Waals surface area contributed by atoms with Gasteiger partial charge in [0.1, 0.15) is 17.0 Å². The van der Waals surface area contributed by atoms with Gasteiger partial charge in [-0.3, -0.25) is 9.69 Å². The van der Waals surface area contributed by atoms with E-state index in [2.05, 4.69) is 14.6 Å². The maximum Gasteiger partial charge on any atom is 0.573 e. The summed E-state index contributed by atoms with van der Waals surface area (Å²) in [5, 5.41) is -0.193. The van der Waals surface area contributed by atoms with Gasteiger partial charge in [-0.1, -0.05) is 18.2 Å². The van der Waals surface area contributed by atoms with Crippen LogP contribution in [0, 0.1) is 5.82 Å². The third kappa shape index (κ3) is 5.72. The number of halogens is 4. The SMILES string of the molecule is O=c1ccn(-c2ccc(CN3CCCC3)cc2)c2c(OC(F)(F)F)c(N3CCN(c4ccccn4)CC3)c(F)cc12. The van der Waals surface area contributed by atoms with Crippen LogP contribution < -0.4 is 20.0 Å². The molecule has 2 aromatic heterocycles. The van der Waals surface area contributed by atoms with Crippen molar-refractivity contribution in [3.63, 3.8) is 0 Å². The Morgan fingerprint density at radius 3 is 2.24 bits per heavy atom. The minimum atomic E-state index is -5.11. The van der Waals surface area contributed by atoms with E-state index in [0.29, 0.717) is 18.8 Å². The van der Waals surface area contributed by atoms with E-state index >= 15 is 4.39 Å². The lowest BCUT2D eigenvalue weighted by atomic mass is 10.1. The van der Waals surface area contributed by atoms with Crippen molar-refractivity contribution in [2.24, 2.45) is 0 Å². The Hall–Kier alpha value is -4.12. The van der Waals surface area contributed by atoms with Crippen LogP contribution in [0.4, 0.5) is 29.1 Å². The Kier molecular flexibility index (Phi) is 7.29. The van der Waals surface area contributed by atoms with E-state index in [1.165, 1.54) is 34.6 Å². The molecule has 0 amide bonds. The van der Waals surface area contributed by atoms with Crippen LogP contribution >= 0.6 is 0 Å². The topological polar surface area (TPSA) is 53.8 Å². The second-order valence-corrected chi connectivity index (χ2v) is 10.3. The molecule has 0 radical (unpaired) electrons. The van der Waals surface area contributed by atoms with Crippen molar-refractivity contribution in [3.8, 4) is 11.4 Å². The molecule has 4 aromatic rings. The predicted octanol–water partition coefficient (Wildman–Crippen LogP) is 5.35. The maximum absolute atomic E-state index is 15.7. The van der Waals surface area contributed by atoms with E-state index in [4.69, 9.17) is 0 Å². The zero-order valence-corrected chi connectivity index (χ0v) is 22.3. The number of pyridine rings is 2. The molecule has 0 unspecified atom stereocenters. The fraction of sp³-hybridized carbons (Fsp3) is 0.333. The zero-order valence-electron chi connectivity index (χ0n) is 22.3. The minimum absolute atomic E-state index is 0.134. The maximum atomic E-state index is 15.7. The van der Waals surface area contributed by atoms with Crippen LogP contribution in [0.15, 0.2) is 71.8 Å². The minimum Gasteiger partial charge on any atom is -0.401 e. The van der Waals surface area contributed by atoms with Crippen LogP contribution in [0.3, 0.4) is 0 Å². The summed E-state index contributed by atoms with van der Waals surface area (Å²) in [7, 11) is 0. The summed E-state index contributed by atoms with van der Waals surface area (Å²) < 4.78 is 63.2. The van der Waals surface area contributed by atoms with Gasteiger partial charge in [0.25, 0.3) is 0 Å². The van der Waals surface area contributed by atoms with Crippen LogP contribution in [-0.4, -0.2) is 60.1 Å². The molecule has 7 nitrogen and oxygen atoms in total. The van der Waals surface area contributed by atoms with Gasteiger partial charge < -0.3 is 19.1 Å². The van der Waals surface area contributed by atoms with Crippen LogP contribution in [0.2, 0.25) is 0 Å². The van der Waals surface area contributed by atoms with E-state index in [1.54, 1.807) is 24.4 Å². The van der Waals surface area contributed by atoms with Gasteiger partial charge in [0.15, 0.2) is 17.0 Å². The summed E-state index contributed by atoms with van der Waals surface area (Å²) in [4.78, 5) is 23.0. The van der Waals surface area contributed by atoms with Gasteiger partial charge in [-0.2, -0.15) is 0 Å². The molecule has 11 heteroatoms. The first-order valence-corrected chi connectivity index (χ1v) is 13.6. The van der Waals surface area contributed by atoms with Crippen molar-refractivity contribution in [3.05, 3.63) is 88.6 Å². The lowest BCUT2D eigenvalue weighted by Crippen LogP contribution is -2.47. The molecule has 2 fully saturated rings. The van der Waals surface area contributed by atoms with Crippen molar-refractivity contribution in [2.45, 2.75) is 25.7 Å². The van der Waals surface area contributed by atoms with Gasteiger partial charge in [-0.05, 0) is 61.8 Å². The number of anilines is 2. The standard InChI is InChI=1S/C30H29F4N5O2/c31-24-19-23-25(40)10-14-39(22-8-6-21(7-9-22)20-36-12-3-4-13-36)27(23)29(41-30(32,33)34)28(24)38-17-15-37(16-18-38)26-5-1-2-11-35-26/h1-2,5-11,14,19H,3-4,12-13,15-18,20H2. The third-order valence-corrected chi connectivity index (χ3v) is 7.67. The second kappa shape index (κ2) is 11.0. The summed E-state index contributed by atoms with van der Waals surface area (Å²) in [6, 6.07) is 15.2. The number of nitrogens with zero attached hydrogens (tertiary/aromatic N) is 5. The van der Waals surface area contributed by atoms with Gasteiger partial charge in [0.05, 0.1) is 5.39 Å². The molecule has 2 aliphatic rings. The summed E-state index contributed by atoms with van der Waals surface area (Å²) in [6.07, 6.45) is 0.297. The monoisotopic (exact) mass is 567 g/mol. The number of hydrogen-bond acceptors (Lipinski definition) is 6. The van der Waals surface area contributed by atoms with Crippen molar-refractivity contribution < 1.29 is 22.3 Å². The molecule has 6 rings (SSSR count). The van der Waals surface area contributed by atoms with E-state index in [-0.39, 0.29) is 29.7 Å². The Bertz CT molecular complexity index is 1580. The van der Waals surface area contributed by atoms with Crippen molar-refractivity contribution in [2.75, 3.05) is 49.1 Å². The van der Waals surface area contributed by atoms with Gasteiger partial charge in [0, 0.05) is 56.9 Å². The summed E-state index contributed by atoms with van der Waals surface area (Å²) in [5.74, 6) is -0.934. The highest BCUT2D eigenvalue weighted by atomic mass is 19.4. The van der Waals surface area contributed by atoms with E-state index < -0.39 is 23.4 Å². The molecular formula is C30H29F4N5O2. The molecule has 0 saturated carbocycles. The first kappa shape index (κ1) is 27.1. The average Bonchev–Trinajstić information content (AvgIpc) is 3.47. The smallest absolute Gasteiger partial charge is 0.401 e. The molecule has 2 aromatic carbocycles. The number of fused-ring (bicyclic) bond motifs is 1. The number of benzene rings is 2. The number of hydrogen-bond donors (Lipinski definition) is 0. The largest absolute Gasteiger partial charge is 0.573 e. The first-order valence-electron chi connectivity index (χ1n) is 13.6. The number of aromatic nitrogens is 2. The van der Waals surface area contributed by atoms with Crippen LogP contribution in [-0.2, 0) is 6.54 Å². The van der Waals surface area contributed by atoms with Gasteiger partial charge >= 0.3 is 6.36 Å². The molecule has 0 aliphatic carbocycles. The Labute approximate surface area is 234 Å². The normalized spacial score (nSPS) is 16.5. The molecule has 0 spiro atoms. The molecule has 0 atom stereocenters. The molecular weight excluding hydrogens is 538 g/mol. The summed E-state index contributed by atoms with van der Waals surface area (Å²) in [6.45, 7) is 4.15. The second-order valence-electron chi connectivity index (χ2n) is 10.3. The highest BCUT2D eigenvalue weighted by Gasteiger charge is 2.37. The van der Waals surface area contributed by atoms with Crippen LogP contribution in [0.1, 0.15) is 18.4 Å². The molecule has 2 saturated heterocycles. The molecule has 4 heterocycles. The van der Waals surface area contributed by atoms with Gasteiger partial charge in [0.2, 0.25) is 0 Å². The number of alkyl halides is 3. The van der Waals surface area contributed by atoms with E-state index in [9.17, 15) is 18.0 Å². The fourth-order valence-corrected chi connectivity index (χ4v) is 5.72. The van der Waals surface area contributed by atoms with Crippen LogP contribution in [0.5, 0.6) is 5.75 Å². The zero-order chi connectivity index (χ0) is 28.6. The molecule has 0 bridgehead atoms. The number of ether oxygens (including phenoxy) is 1. The predicted molar refractivity (Wildman–Crippen MR) is 149 cm³/mol. The fourth-order valence-electron chi connectivity index (χ4n) is 5.72. The molecule has 214 valence electrons. The Morgan fingerprint density at radius 2 is 1.59 bits per heavy atom. The van der Waals surface area contributed by atoms with Crippen molar-refractivity contribution in [1.29, 1.82) is 0 Å². The number of piperazine rings is 1. The van der Waals surface area contributed by atoms with Crippen LogP contribution in [0.25, 0.3) is 16.6 Å². The lowest BCUT2D eigenvalue weighted by molar-refractivity contribution is -0.274. The third-order valence-electron chi connectivity index (χ3n) is 7.67. The molecule has 41 heavy (non-hydrogen) atoms. The van der Waals surface area contributed by atoms with Crippen molar-refractivity contribution >= 4 is 22.4 Å². The van der Waals surface area contributed by atoms with E-state index in [1.807, 2.05) is 29.2 Å². The number of rotatable bonds is 6. The lowest BCUT2D eigenvalue weighted by Gasteiger charge is -2.37. The number of likely N-dealkylation sites (tertiary alicyclic amines) is 1. The summed E-state index contributed by atoms with van der Waals surface area (Å²) >= 11 is 0. The molecule has 0 N–H and O–H groups in total. The van der Waals surface area contributed by atoms with Crippen molar-refractivity contribution in [1.82, 2.24) is 14.5 Å². The van der Waals surface area contributed by atoms with Gasteiger partial charge in [-0.15, -0.1) is 13.2 Å². The quantitative estimate of drug-likeness (QED) is 0.293. The Balaban J connectivity index is 1.42.